The molecule has 1 aromatic heterocycles. The van der Waals surface area contributed by atoms with E-state index < -0.39 is 17.5 Å². The number of rotatable bonds is 6. The molecule has 0 atom stereocenters. The number of benzene rings is 2. The summed E-state index contributed by atoms with van der Waals surface area (Å²) in [6.07, 6.45) is 1.17. The Hall–Kier alpha value is -3.94. The van der Waals surface area contributed by atoms with E-state index in [0.29, 0.717) is 5.69 Å². The quantitative estimate of drug-likeness (QED) is 0.505. The van der Waals surface area contributed by atoms with Crippen LogP contribution in [0.4, 0.5) is 5.69 Å². The maximum atomic E-state index is 12.9. The molecule has 0 aliphatic rings. The van der Waals surface area contributed by atoms with Crippen LogP contribution in [-0.2, 0) is 4.74 Å². The predicted molar refractivity (Wildman–Crippen MR) is 103 cm³/mol. The summed E-state index contributed by atoms with van der Waals surface area (Å²) in [6.45, 7) is 1.79. The molecule has 0 radical (unpaired) electrons. The van der Waals surface area contributed by atoms with Crippen molar-refractivity contribution in [3.8, 4) is 5.69 Å². The molecule has 1 heterocycles. The van der Waals surface area contributed by atoms with Gasteiger partial charge in [-0.3, -0.25) is 14.9 Å². The second kappa shape index (κ2) is 8.17. The maximum absolute atomic E-state index is 12.9. The molecule has 0 fully saturated rings. The molecule has 3 aromatic rings. The number of nitrogens with one attached hydrogen (secondary N) is 1. The molecule has 142 valence electrons. The molecule has 0 aliphatic carbocycles. The fourth-order valence-corrected chi connectivity index (χ4v) is 2.59. The van der Waals surface area contributed by atoms with Crippen molar-refractivity contribution in [2.45, 2.75) is 6.92 Å². The SMILES string of the molecule is CCOC(=O)c1[nH]n(-c2ccccc2)c(=O)c1C=Nc1ccccc1C(=O)O. The lowest BCUT2D eigenvalue weighted by Crippen LogP contribution is -2.17. The van der Waals surface area contributed by atoms with Crippen LogP contribution in [0, 0.1) is 0 Å². The van der Waals surface area contributed by atoms with Gasteiger partial charge in [0, 0.05) is 6.21 Å². The molecule has 0 unspecified atom stereocenters. The molecular weight excluding hydrogens is 362 g/mol. The lowest BCUT2D eigenvalue weighted by Gasteiger charge is -2.01. The zero-order valence-electron chi connectivity index (χ0n) is 15.0. The highest BCUT2D eigenvalue weighted by molar-refractivity contribution is 5.99. The number of aliphatic imine (C=N–C) groups is 1. The highest BCUT2D eigenvalue weighted by Crippen LogP contribution is 2.18. The van der Waals surface area contributed by atoms with Crippen LogP contribution in [0.25, 0.3) is 5.69 Å². The third-order valence-electron chi connectivity index (χ3n) is 3.89. The van der Waals surface area contributed by atoms with Gasteiger partial charge in [-0.25, -0.2) is 14.3 Å². The van der Waals surface area contributed by atoms with Crippen LogP contribution in [0.1, 0.15) is 33.3 Å². The van der Waals surface area contributed by atoms with Crippen molar-refractivity contribution in [2.24, 2.45) is 4.99 Å². The predicted octanol–water partition coefficient (Wildman–Crippen LogP) is 2.79. The second-order valence-electron chi connectivity index (χ2n) is 5.68. The Morgan fingerprint density at radius 1 is 1.14 bits per heavy atom. The minimum atomic E-state index is -1.14. The molecule has 0 amide bonds. The number of ether oxygens (including phenoxy) is 1. The van der Waals surface area contributed by atoms with E-state index in [0.717, 1.165) is 0 Å². The number of carbonyl (C=O) groups excluding carboxylic acids is 1. The first-order valence-corrected chi connectivity index (χ1v) is 8.47. The molecule has 8 heteroatoms. The summed E-state index contributed by atoms with van der Waals surface area (Å²) in [7, 11) is 0. The van der Waals surface area contributed by atoms with Crippen molar-refractivity contribution in [2.75, 3.05) is 6.61 Å². The Morgan fingerprint density at radius 3 is 2.50 bits per heavy atom. The van der Waals surface area contributed by atoms with Gasteiger partial charge in [0.05, 0.1) is 29.1 Å². The van der Waals surface area contributed by atoms with Crippen molar-refractivity contribution >= 4 is 23.8 Å². The van der Waals surface area contributed by atoms with E-state index in [1.807, 2.05) is 0 Å². The first kappa shape index (κ1) is 18.8. The van der Waals surface area contributed by atoms with Crippen molar-refractivity contribution in [3.63, 3.8) is 0 Å². The molecule has 0 spiro atoms. The van der Waals surface area contributed by atoms with Crippen LogP contribution < -0.4 is 5.56 Å². The molecule has 0 aliphatic heterocycles. The number of carbonyl (C=O) groups is 2. The number of carboxylic acids is 1. The fraction of sp³-hybridized carbons (Fsp3) is 0.100. The van der Waals surface area contributed by atoms with Gasteiger partial charge in [-0.1, -0.05) is 30.3 Å². The minimum absolute atomic E-state index is 0.0182. The Morgan fingerprint density at radius 2 is 1.82 bits per heavy atom. The molecule has 2 aromatic carbocycles. The van der Waals surface area contributed by atoms with E-state index in [9.17, 15) is 19.5 Å². The summed E-state index contributed by atoms with van der Waals surface area (Å²) in [5, 5.41) is 12.0. The van der Waals surface area contributed by atoms with Crippen LogP contribution in [0.2, 0.25) is 0 Å². The maximum Gasteiger partial charge on any atom is 0.357 e. The van der Waals surface area contributed by atoms with Crippen molar-refractivity contribution < 1.29 is 19.4 Å². The summed E-state index contributed by atoms with van der Waals surface area (Å²) in [4.78, 5) is 40.6. The monoisotopic (exact) mass is 379 g/mol. The highest BCUT2D eigenvalue weighted by atomic mass is 16.5. The second-order valence-corrected chi connectivity index (χ2v) is 5.68. The van der Waals surface area contributed by atoms with Gasteiger partial charge in [0.25, 0.3) is 5.56 Å². The standard InChI is InChI=1S/C20H17N3O5/c1-2-28-20(27)17-15(12-21-16-11-7-6-10-14(16)19(25)26)18(24)23(22-17)13-8-4-3-5-9-13/h3-12,22H,2H2,1H3,(H,25,26). The van der Waals surface area contributed by atoms with Gasteiger partial charge in [-0.15, -0.1) is 0 Å². The van der Waals surface area contributed by atoms with Gasteiger partial charge >= 0.3 is 11.9 Å². The normalized spacial score (nSPS) is 10.9. The number of para-hydroxylation sites is 2. The summed E-state index contributed by atoms with van der Waals surface area (Å²) in [5.74, 6) is -1.85. The van der Waals surface area contributed by atoms with Gasteiger partial charge in [0.15, 0.2) is 5.69 Å². The number of H-pyrrole nitrogens is 1. The van der Waals surface area contributed by atoms with Gasteiger partial charge in [-0.05, 0) is 31.2 Å². The highest BCUT2D eigenvalue weighted by Gasteiger charge is 2.21. The topological polar surface area (TPSA) is 114 Å². The molecule has 0 saturated heterocycles. The zero-order valence-corrected chi connectivity index (χ0v) is 15.0. The van der Waals surface area contributed by atoms with Crippen molar-refractivity contribution in [1.82, 2.24) is 9.78 Å². The van der Waals surface area contributed by atoms with E-state index in [-0.39, 0.29) is 29.1 Å². The number of nitrogens with zero attached hydrogens (tertiary/aromatic N) is 2. The van der Waals surface area contributed by atoms with E-state index in [1.54, 1.807) is 49.4 Å². The average Bonchev–Trinajstić information content (AvgIpc) is 3.04. The largest absolute Gasteiger partial charge is 0.478 e. The smallest absolute Gasteiger partial charge is 0.357 e. The molecule has 3 rings (SSSR count). The van der Waals surface area contributed by atoms with E-state index >= 15 is 0 Å². The fourth-order valence-electron chi connectivity index (χ4n) is 2.59. The molecule has 2 N–H and O–H groups in total. The molecular formula is C20H17N3O5. The lowest BCUT2D eigenvalue weighted by molar-refractivity contribution is 0.0518. The van der Waals surface area contributed by atoms with Gasteiger partial charge < -0.3 is 9.84 Å². The number of esters is 1. The first-order chi connectivity index (χ1) is 13.5. The molecule has 0 saturated carbocycles. The van der Waals surface area contributed by atoms with E-state index in [4.69, 9.17) is 4.74 Å². The Labute approximate surface area is 159 Å². The van der Waals surface area contributed by atoms with Crippen LogP contribution in [0.15, 0.2) is 64.4 Å². The molecule has 28 heavy (non-hydrogen) atoms. The summed E-state index contributed by atoms with van der Waals surface area (Å²) < 4.78 is 6.21. The third-order valence-corrected chi connectivity index (χ3v) is 3.89. The zero-order chi connectivity index (χ0) is 20.1. The average molecular weight is 379 g/mol. The minimum Gasteiger partial charge on any atom is -0.478 e. The number of aromatic carboxylic acids is 1. The molecule has 8 nitrogen and oxygen atoms in total. The molecule has 0 bridgehead atoms. The third kappa shape index (κ3) is 3.75. The number of hydrogen-bond acceptors (Lipinski definition) is 5. The van der Waals surface area contributed by atoms with E-state index in [2.05, 4.69) is 10.1 Å². The van der Waals surface area contributed by atoms with E-state index in [1.165, 1.54) is 23.0 Å². The Kier molecular flexibility index (Phi) is 5.50. The van der Waals surface area contributed by atoms with Crippen molar-refractivity contribution in [1.29, 1.82) is 0 Å². The van der Waals surface area contributed by atoms with Crippen LogP contribution in [0.5, 0.6) is 0 Å². The Bertz CT molecular complexity index is 1100. The summed E-state index contributed by atoms with van der Waals surface area (Å²) in [6, 6.07) is 14.8. The number of carboxylic acid groups (broad SMARTS) is 1. The van der Waals surface area contributed by atoms with Crippen LogP contribution in [0.3, 0.4) is 0 Å². The summed E-state index contributed by atoms with van der Waals surface area (Å²) in [5.41, 5.74) is 0.0798. The van der Waals surface area contributed by atoms with Crippen LogP contribution >= 0.6 is 0 Å². The Balaban J connectivity index is 2.12. The lowest BCUT2D eigenvalue weighted by atomic mass is 10.2. The number of aromatic amines is 1. The summed E-state index contributed by atoms with van der Waals surface area (Å²) >= 11 is 0. The van der Waals surface area contributed by atoms with Gasteiger partial charge in [-0.2, -0.15) is 0 Å². The number of hydrogen-bond donors (Lipinski definition) is 2. The first-order valence-electron chi connectivity index (χ1n) is 8.47. The number of aromatic nitrogens is 2. The van der Waals surface area contributed by atoms with Gasteiger partial charge in [0.1, 0.15) is 0 Å². The van der Waals surface area contributed by atoms with Gasteiger partial charge in [0.2, 0.25) is 0 Å². The van der Waals surface area contributed by atoms with Crippen molar-refractivity contribution in [3.05, 3.63) is 81.8 Å². The van der Waals surface area contributed by atoms with Crippen LogP contribution in [-0.4, -0.2) is 39.6 Å².